The van der Waals surface area contributed by atoms with Crippen molar-refractivity contribution >= 4 is 51.4 Å². The minimum atomic E-state index is -0.449. The first-order valence-corrected chi connectivity index (χ1v) is 10.7. The van der Waals surface area contributed by atoms with Gasteiger partial charge in [-0.2, -0.15) is 5.26 Å². The van der Waals surface area contributed by atoms with Crippen LogP contribution in [0.1, 0.15) is 13.3 Å². The minimum Gasteiger partial charge on any atom is -0.495 e. The number of methoxy groups -OCH3 is 2. The van der Waals surface area contributed by atoms with E-state index in [1.54, 1.807) is 18.3 Å². The fourth-order valence-corrected chi connectivity index (χ4v) is 4.67. The molecule has 3 aromatic rings. The van der Waals surface area contributed by atoms with Gasteiger partial charge in [0, 0.05) is 41.7 Å². The molecule has 0 radical (unpaired) electrons. The third-order valence-electron chi connectivity index (χ3n) is 5.53. The summed E-state index contributed by atoms with van der Waals surface area (Å²) in [7, 11) is 3.05. The highest BCUT2D eigenvalue weighted by Gasteiger charge is 2.35. The first-order valence-electron chi connectivity index (χ1n) is 9.53. The van der Waals surface area contributed by atoms with Crippen LogP contribution in [-0.4, -0.2) is 37.3 Å². The summed E-state index contributed by atoms with van der Waals surface area (Å²) in [6, 6.07) is 7.68. The maximum Gasteiger partial charge on any atom is 0.141 e. The monoisotopic (exact) mass is 476 g/mol. The van der Waals surface area contributed by atoms with E-state index in [1.807, 2.05) is 13.0 Å². The van der Waals surface area contributed by atoms with E-state index in [0.717, 1.165) is 17.2 Å². The standard InChI is InChI=1S/C22H19Cl3N4O2/c1-22(10-26)4-5-29(11-22)21-13-7-17(23)27-9-12(13)6-14(28-21)18-19(24)15(30-2)8-16(31-3)20(18)25/h6-9H,4-5,11H2,1-3H3. The number of hydrogen-bond acceptors (Lipinski definition) is 6. The lowest BCUT2D eigenvalue weighted by Gasteiger charge is -2.22. The molecule has 1 aliphatic heterocycles. The van der Waals surface area contributed by atoms with Crippen molar-refractivity contribution in [1.82, 2.24) is 9.97 Å². The fourth-order valence-electron chi connectivity index (χ4n) is 3.82. The van der Waals surface area contributed by atoms with E-state index in [4.69, 9.17) is 49.3 Å². The average molecular weight is 478 g/mol. The molecular weight excluding hydrogens is 459 g/mol. The molecule has 160 valence electrons. The number of hydrogen-bond donors (Lipinski definition) is 0. The van der Waals surface area contributed by atoms with E-state index in [9.17, 15) is 5.26 Å². The van der Waals surface area contributed by atoms with Crippen molar-refractivity contribution < 1.29 is 9.47 Å². The Balaban J connectivity index is 1.98. The van der Waals surface area contributed by atoms with Crippen molar-refractivity contribution in [3.63, 3.8) is 0 Å². The van der Waals surface area contributed by atoms with Crippen molar-refractivity contribution in [3.05, 3.63) is 39.6 Å². The molecule has 1 aromatic carbocycles. The summed E-state index contributed by atoms with van der Waals surface area (Å²) >= 11 is 19.5. The molecule has 1 atom stereocenters. The predicted octanol–water partition coefficient (Wildman–Crippen LogP) is 6.01. The molecule has 1 saturated heterocycles. The van der Waals surface area contributed by atoms with E-state index in [1.165, 1.54) is 14.2 Å². The summed E-state index contributed by atoms with van der Waals surface area (Å²) in [5, 5.41) is 12.3. The van der Waals surface area contributed by atoms with Gasteiger partial charge in [0.2, 0.25) is 0 Å². The number of benzene rings is 1. The summed E-state index contributed by atoms with van der Waals surface area (Å²) in [4.78, 5) is 11.2. The maximum absolute atomic E-state index is 9.58. The molecule has 3 heterocycles. The summed E-state index contributed by atoms with van der Waals surface area (Å²) in [6.07, 6.45) is 2.43. The highest BCUT2D eigenvalue weighted by atomic mass is 35.5. The molecule has 1 unspecified atom stereocenters. The Bertz CT molecular complexity index is 1200. The molecule has 31 heavy (non-hydrogen) atoms. The number of pyridine rings is 2. The van der Waals surface area contributed by atoms with E-state index in [2.05, 4.69) is 16.0 Å². The first kappa shape index (κ1) is 21.8. The Labute approximate surface area is 195 Å². The van der Waals surface area contributed by atoms with Gasteiger partial charge in [0.15, 0.2) is 0 Å². The van der Waals surface area contributed by atoms with E-state index < -0.39 is 5.41 Å². The average Bonchev–Trinajstić information content (AvgIpc) is 3.16. The Morgan fingerprint density at radius 3 is 2.35 bits per heavy atom. The van der Waals surface area contributed by atoms with Gasteiger partial charge in [-0.25, -0.2) is 9.97 Å². The van der Waals surface area contributed by atoms with Crippen LogP contribution in [0.2, 0.25) is 15.2 Å². The minimum absolute atomic E-state index is 0.330. The highest BCUT2D eigenvalue weighted by molar-refractivity contribution is 6.41. The lowest BCUT2D eigenvalue weighted by atomic mass is 9.92. The molecule has 0 amide bonds. The summed E-state index contributed by atoms with van der Waals surface area (Å²) in [5.41, 5.74) is 0.597. The van der Waals surface area contributed by atoms with Crippen molar-refractivity contribution in [2.45, 2.75) is 13.3 Å². The second kappa shape index (κ2) is 8.23. The zero-order chi connectivity index (χ0) is 22.3. The molecule has 4 rings (SSSR count). The van der Waals surface area contributed by atoms with E-state index >= 15 is 0 Å². The van der Waals surface area contributed by atoms with Crippen LogP contribution in [0.25, 0.3) is 22.0 Å². The van der Waals surface area contributed by atoms with Crippen molar-refractivity contribution in [2.24, 2.45) is 5.41 Å². The molecule has 2 aromatic heterocycles. The van der Waals surface area contributed by atoms with E-state index in [0.29, 0.717) is 56.9 Å². The highest BCUT2D eigenvalue weighted by Crippen LogP contribution is 2.47. The molecule has 1 aliphatic rings. The largest absolute Gasteiger partial charge is 0.495 e. The molecule has 0 spiro atoms. The predicted molar refractivity (Wildman–Crippen MR) is 124 cm³/mol. The zero-order valence-electron chi connectivity index (χ0n) is 17.2. The van der Waals surface area contributed by atoms with Crippen LogP contribution in [0, 0.1) is 16.7 Å². The first-order chi connectivity index (χ1) is 14.8. The van der Waals surface area contributed by atoms with Gasteiger partial charge < -0.3 is 14.4 Å². The van der Waals surface area contributed by atoms with Gasteiger partial charge in [0.1, 0.15) is 22.5 Å². The van der Waals surface area contributed by atoms with Gasteiger partial charge in [-0.05, 0) is 25.5 Å². The van der Waals surface area contributed by atoms with Crippen LogP contribution in [0.5, 0.6) is 11.5 Å². The number of aromatic nitrogens is 2. The number of anilines is 1. The number of fused-ring (bicyclic) bond motifs is 1. The van der Waals surface area contributed by atoms with E-state index in [-0.39, 0.29) is 0 Å². The van der Waals surface area contributed by atoms with Gasteiger partial charge in [0.05, 0.1) is 41.4 Å². The van der Waals surface area contributed by atoms with Crippen molar-refractivity contribution in [2.75, 3.05) is 32.2 Å². The van der Waals surface area contributed by atoms with Gasteiger partial charge in [-0.3, -0.25) is 0 Å². The van der Waals surface area contributed by atoms with Crippen LogP contribution in [0.4, 0.5) is 5.82 Å². The molecule has 0 saturated carbocycles. The van der Waals surface area contributed by atoms with Crippen molar-refractivity contribution in [3.8, 4) is 28.8 Å². The third kappa shape index (κ3) is 3.82. The Morgan fingerprint density at radius 2 is 1.77 bits per heavy atom. The number of nitriles is 1. The lowest BCUT2D eigenvalue weighted by molar-refractivity contribution is 0.395. The lowest BCUT2D eigenvalue weighted by Crippen LogP contribution is -2.24. The van der Waals surface area contributed by atoms with Crippen LogP contribution >= 0.6 is 34.8 Å². The molecule has 0 N–H and O–H groups in total. The third-order valence-corrected chi connectivity index (χ3v) is 6.49. The van der Waals surface area contributed by atoms with Gasteiger partial charge >= 0.3 is 0 Å². The maximum atomic E-state index is 9.58. The quantitative estimate of drug-likeness (QED) is 0.428. The summed E-state index contributed by atoms with van der Waals surface area (Å²) in [5.74, 6) is 1.55. The number of rotatable bonds is 4. The number of ether oxygens (including phenoxy) is 2. The molecular formula is C22H19Cl3N4O2. The molecule has 6 nitrogen and oxygen atoms in total. The molecule has 1 fully saturated rings. The smallest absolute Gasteiger partial charge is 0.141 e. The van der Waals surface area contributed by atoms with Crippen LogP contribution in [-0.2, 0) is 0 Å². The van der Waals surface area contributed by atoms with Gasteiger partial charge in [-0.1, -0.05) is 34.8 Å². The molecule has 9 heteroatoms. The molecule has 0 bridgehead atoms. The Hall–Kier alpha value is -2.46. The number of nitrogens with zero attached hydrogens (tertiary/aromatic N) is 4. The van der Waals surface area contributed by atoms with Crippen LogP contribution in [0.3, 0.4) is 0 Å². The second-order valence-electron chi connectivity index (χ2n) is 7.69. The topological polar surface area (TPSA) is 71.3 Å². The van der Waals surface area contributed by atoms with Crippen molar-refractivity contribution in [1.29, 1.82) is 5.26 Å². The summed E-state index contributed by atoms with van der Waals surface area (Å²) in [6.45, 7) is 3.20. The Morgan fingerprint density at radius 1 is 1.10 bits per heavy atom. The van der Waals surface area contributed by atoms with Crippen LogP contribution < -0.4 is 14.4 Å². The molecule has 0 aliphatic carbocycles. The zero-order valence-corrected chi connectivity index (χ0v) is 19.4. The van der Waals surface area contributed by atoms with Gasteiger partial charge in [-0.15, -0.1) is 0 Å². The number of halogens is 3. The fraction of sp³-hybridized carbons (Fsp3) is 0.318. The normalized spacial score (nSPS) is 18.3. The van der Waals surface area contributed by atoms with Gasteiger partial charge in [0.25, 0.3) is 0 Å². The second-order valence-corrected chi connectivity index (χ2v) is 8.83. The summed E-state index contributed by atoms with van der Waals surface area (Å²) < 4.78 is 10.8. The SMILES string of the molecule is COc1cc(OC)c(Cl)c(-c2cc3cnc(Cl)cc3c(N3CCC(C)(C#N)C3)n2)c1Cl. The van der Waals surface area contributed by atoms with Crippen LogP contribution in [0.15, 0.2) is 24.4 Å². The Kier molecular flexibility index (Phi) is 5.78.